The number of carbonyl (C=O) groups excluding carboxylic acids is 2. The molecule has 0 saturated heterocycles. The fraction of sp³-hybridized carbons (Fsp3) is 0.125. The molecule has 0 fully saturated rings. The molecule has 4 heteroatoms. The molecule has 20 heavy (non-hydrogen) atoms. The van der Waals surface area contributed by atoms with Crippen molar-refractivity contribution in [1.82, 2.24) is 5.32 Å². The van der Waals surface area contributed by atoms with E-state index in [4.69, 9.17) is 0 Å². The van der Waals surface area contributed by atoms with Gasteiger partial charge < -0.3 is 5.32 Å². The van der Waals surface area contributed by atoms with Gasteiger partial charge >= 0.3 is 0 Å². The molecule has 0 atom stereocenters. The first kappa shape index (κ1) is 11.4. The second kappa shape index (κ2) is 4.02. The van der Waals surface area contributed by atoms with Crippen LogP contribution in [0.3, 0.4) is 0 Å². The van der Waals surface area contributed by atoms with E-state index in [1.54, 1.807) is 24.3 Å². The number of nitrogens with zero attached hydrogens (tertiary/aromatic N) is 1. The van der Waals surface area contributed by atoms with Gasteiger partial charge in [0.15, 0.2) is 0 Å². The van der Waals surface area contributed by atoms with Gasteiger partial charge in [-0.25, -0.2) is 4.90 Å². The predicted molar refractivity (Wildman–Crippen MR) is 74.6 cm³/mol. The van der Waals surface area contributed by atoms with Gasteiger partial charge in [0.2, 0.25) is 0 Å². The van der Waals surface area contributed by atoms with Crippen molar-refractivity contribution in [2.45, 2.75) is 13.1 Å². The highest BCUT2D eigenvalue weighted by Gasteiger charge is 2.36. The van der Waals surface area contributed by atoms with Crippen molar-refractivity contribution in [3.05, 3.63) is 64.7 Å². The summed E-state index contributed by atoms with van der Waals surface area (Å²) in [6.45, 7) is 1.63. The highest BCUT2D eigenvalue weighted by molar-refractivity contribution is 6.34. The Hall–Kier alpha value is -2.46. The molecule has 0 bridgehead atoms. The summed E-state index contributed by atoms with van der Waals surface area (Å²) < 4.78 is 0. The van der Waals surface area contributed by atoms with Crippen LogP contribution in [0.2, 0.25) is 0 Å². The number of imide groups is 1. The van der Waals surface area contributed by atoms with E-state index in [0.29, 0.717) is 16.8 Å². The molecule has 0 aromatic heterocycles. The molecule has 2 aromatic carbocycles. The molecule has 0 spiro atoms. The van der Waals surface area contributed by atoms with Gasteiger partial charge in [-0.05, 0) is 35.4 Å². The highest BCUT2D eigenvalue weighted by Crippen LogP contribution is 2.30. The summed E-state index contributed by atoms with van der Waals surface area (Å²) in [5, 5.41) is 3.26. The maximum Gasteiger partial charge on any atom is 0.266 e. The van der Waals surface area contributed by atoms with E-state index < -0.39 is 0 Å². The van der Waals surface area contributed by atoms with Crippen molar-refractivity contribution in [1.29, 1.82) is 0 Å². The largest absolute Gasteiger partial charge is 0.309 e. The second-order valence-electron chi connectivity index (χ2n) is 5.05. The van der Waals surface area contributed by atoms with Crippen LogP contribution < -0.4 is 10.2 Å². The van der Waals surface area contributed by atoms with Crippen LogP contribution in [0, 0.1) is 0 Å². The number of hydrogen-bond acceptors (Lipinski definition) is 3. The zero-order valence-corrected chi connectivity index (χ0v) is 10.7. The van der Waals surface area contributed by atoms with Gasteiger partial charge in [0.25, 0.3) is 11.8 Å². The lowest BCUT2D eigenvalue weighted by molar-refractivity contribution is 0.0926. The van der Waals surface area contributed by atoms with E-state index in [1.807, 2.05) is 18.2 Å². The van der Waals surface area contributed by atoms with Gasteiger partial charge in [0.1, 0.15) is 0 Å². The molecule has 0 saturated carbocycles. The fourth-order valence-electron chi connectivity index (χ4n) is 2.84. The molecular weight excluding hydrogens is 252 g/mol. The molecule has 2 aliphatic heterocycles. The number of anilines is 1. The molecule has 2 heterocycles. The van der Waals surface area contributed by atoms with E-state index in [9.17, 15) is 9.59 Å². The summed E-state index contributed by atoms with van der Waals surface area (Å²) in [6, 6.07) is 12.7. The van der Waals surface area contributed by atoms with Crippen LogP contribution in [-0.2, 0) is 13.1 Å². The zero-order chi connectivity index (χ0) is 13.7. The number of rotatable bonds is 1. The number of hydrogen-bond donors (Lipinski definition) is 1. The molecule has 2 amide bonds. The average Bonchev–Trinajstić information content (AvgIpc) is 3.03. The predicted octanol–water partition coefficient (Wildman–Crippen LogP) is 2.09. The fourth-order valence-corrected chi connectivity index (χ4v) is 2.84. The summed E-state index contributed by atoms with van der Waals surface area (Å²) >= 11 is 0. The third kappa shape index (κ3) is 1.45. The quantitative estimate of drug-likeness (QED) is 0.802. The Morgan fingerprint density at radius 2 is 1.50 bits per heavy atom. The van der Waals surface area contributed by atoms with Gasteiger partial charge in [-0.3, -0.25) is 9.59 Å². The average molecular weight is 264 g/mol. The zero-order valence-electron chi connectivity index (χ0n) is 10.7. The monoisotopic (exact) mass is 264 g/mol. The van der Waals surface area contributed by atoms with Crippen LogP contribution in [0.5, 0.6) is 0 Å². The molecule has 4 nitrogen and oxygen atoms in total. The van der Waals surface area contributed by atoms with Gasteiger partial charge in [0, 0.05) is 13.1 Å². The summed E-state index contributed by atoms with van der Waals surface area (Å²) in [4.78, 5) is 26.1. The topological polar surface area (TPSA) is 49.4 Å². The molecule has 2 aromatic rings. The van der Waals surface area contributed by atoms with Gasteiger partial charge in [0.05, 0.1) is 16.8 Å². The number of fused-ring (bicyclic) bond motifs is 2. The molecule has 1 N–H and O–H groups in total. The standard InChI is InChI=1S/C16H12N2O2/c19-15-13-3-1-2-4-14(13)16(20)18(15)12-6-5-10-8-17-9-11(10)7-12/h1-7,17H,8-9H2. The third-order valence-corrected chi connectivity index (χ3v) is 3.87. The van der Waals surface area contributed by atoms with Crippen molar-refractivity contribution in [2.24, 2.45) is 0 Å². The van der Waals surface area contributed by atoms with E-state index in [2.05, 4.69) is 5.32 Å². The first-order valence-corrected chi connectivity index (χ1v) is 6.56. The maximum atomic E-state index is 12.4. The highest BCUT2D eigenvalue weighted by atomic mass is 16.2. The number of amides is 2. The molecule has 4 rings (SSSR count). The normalized spacial score (nSPS) is 16.5. The molecule has 0 unspecified atom stereocenters. The summed E-state index contributed by atoms with van der Waals surface area (Å²) in [5.74, 6) is -0.479. The molecule has 2 aliphatic rings. The van der Waals surface area contributed by atoms with Crippen molar-refractivity contribution in [3.63, 3.8) is 0 Å². The van der Waals surface area contributed by atoms with Crippen molar-refractivity contribution < 1.29 is 9.59 Å². The Bertz CT molecular complexity index is 717. The van der Waals surface area contributed by atoms with Crippen molar-refractivity contribution in [3.8, 4) is 0 Å². The molecule has 0 aliphatic carbocycles. The first-order valence-electron chi connectivity index (χ1n) is 6.56. The van der Waals surface area contributed by atoms with Gasteiger partial charge in [-0.2, -0.15) is 0 Å². The Balaban J connectivity index is 1.81. The molecule has 98 valence electrons. The van der Waals surface area contributed by atoms with E-state index >= 15 is 0 Å². The number of benzene rings is 2. The first-order chi connectivity index (χ1) is 9.75. The minimum Gasteiger partial charge on any atom is -0.309 e. The van der Waals surface area contributed by atoms with Crippen LogP contribution >= 0.6 is 0 Å². The lowest BCUT2D eigenvalue weighted by atomic mass is 10.1. The third-order valence-electron chi connectivity index (χ3n) is 3.87. The summed E-state index contributed by atoms with van der Waals surface area (Å²) in [5.41, 5.74) is 4.00. The Labute approximate surface area is 116 Å². The second-order valence-corrected chi connectivity index (χ2v) is 5.05. The molecular formula is C16H12N2O2. The van der Waals surface area contributed by atoms with Gasteiger partial charge in [-0.1, -0.05) is 18.2 Å². The van der Waals surface area contributed by atoms with E-state index in [1.165, 1.54) is 10.5 Å². The van der Waals surface area contributed by atoms with Gasteiger partial charge in [-0.15, -0.1) is 0 Å². The van der Waals surface area contributed by atoms with Crippen LogP contribution in [-0.4, -0.2) is 11.8 Å². The van der Waals surface area contributed by atoms with Crippen LogP contribution in [0.1, 0.15) is 31.8 Å². The lowest BCUT2D eigenvalue weighted by Crippen LogP contribution is -2.29. The van der Waals surface area contributed by atoms with E-state index in [-0.39, 0.29) is 11.8 Å². The lowest BCUT2D eigenvalue weighted by Gasteiger charge is -2.15. The Kier molecular flexibility index (Phi) is 2.28. The van der Waals surface area contributed by atoms with E-state index in [0.717, 1.165) is 18.7 Å². The van der Waals surface area contributed by atoms with Crippen LogP contribution in [0.25, 0.3) is 0 Å². The molecule has 0 radical (unpaired) electrons. The van der Waals surface area contributed by atoms with Crippen LogP contribution in [0.4, 0.5) is 5.69 Å². The van der Waals surface area contributed by atoms with Crippen molar-refractivity contribution in [2.75, 3.05) is 4.90 Å². The number of carbonyl (C=O) groups is 2. The maximum absolute atomic E-state index is 12.4. The minimum atomic E-state index is -0.239. The summed E-state index contributed by atoms with van der Waals surface area (Å²) in [7, 11) is 0. The number of nitrogens with one attached hydrogen (secondary N) is 1. The SMILES string of the molecule is O=C1c2ccccc2C(=O)N1c1ccc2c(c1)CNC2. The minimum absolute atomic E-state index is 0.239. The smallest absolute Gasteiger partial charge is 0.266 e. The Morgan fingerprint density at radius 3 is 2.20 bits per heavy atom. The summed E-state index contributed by atoms with van der Waals surface area (Å²) in [6.07, 6.45) is 0. The Morgan fingerprint density at radius 1 is 0.850 bits per heavy atom. The van der Waals surface area contributed by atoms with Crippen LogP contribution in [0.15, 0.2) is 42.5 Å². The van der Waals surface area contributed by atoms with Crippen molar-refractivity contribution >= 4 is 17.5 Å².